The summed E-state index contributed by atoms with van der Waals surface area (Å²) in [6.45, 7) is 8.52. The molecule has 214 valence electrons. The van der Waals surface area contributed by atoms with E-state index in [-0.39, 0.29) is 17.1 Å². The Morgan fingerprint density at radius 2 is 1.46 bits per heavy atom. The van der Waals surface area contributed by atoms with Crippen molar-refractivity contribution in [3.05, 3.63) is 112 Å². The van der Waals surface area contributed by atoms with E-state index in [9.17, 15) is 9.59 Å². The first-order valence-corrected chi connectivity index (χ1v) is 15.0. The zero-order valence-corrected chi connectivity index (χ0v) is 24.2. The number of nitrogens with zero attached hydrogens (tertiary/aromatic N) is 2. The maximum atomic E-state index is 13.8. The molecule has 3 aromatic carbocycles. The predicted octanol–water partition coefficient (Wildman–Crippen LogP) is 7.21. The topological polar surface area (TPSA) is 63.0 Å². The number of para-hydroxylation sites is 1. The zero-order chi connectivity index (χ0) is 28.6. The van der Waals surface area contributed by atoms with Gasteiger partial charge in [-0.05, 0) is 74.3 Å². The summed E-state index contributed by atoms with van der Waals surface area (Å²) in [6, 6.07) is 24.5. The SMILES string of the molecule is CCCCN(CCCC)CCCN1C(=O)c2oc3ccccc3c(=O)c2C1c1ccc(OCc2ccccc2)cc1. The summed E-state index contributed by atoms with van der Waals surface area (Å²) in [5, 5.41) is 0.499. The highest BCUT2D eigenvalue weighted by molar-refractivity contribution is 5.99. The van der Waals surface area contributed by atoms with Crippen LogP contribution in [-0.2, 0) is 6.61 Å². The zero-order valence-electron chi connectivity index (χ0n) is 24.2. The number of unbranched alkanes of at least 4 members (excludes halogenated alkanes) is 2. The third-order valence-corrected chi connectivity index (χ3v) is 7.85. The highest BCUT2D eigenvalue weighted by Gasteiger charge is 2.42. The molecular weight excluding hydrogens is 512 g/mol. The first-order chi connectivity index (χ1) is 20.1. The number of ether oxygens (including phenoxy) is 1. The lowest BCUT2D eigenvalue weighted by Crippen LogP contribution is -2.34. The fraction of sp³-hybridized carbons (Fsp3) is 0.371. The molecule has 6 nitrogen and oxygen atoms in total. The summed E-state index contributed by atoms with van der Waals surface area (Å²) in [6.07, 6.45) is 5.50. The summed E-state index contributed by atoms with van der Waals surface area (Å²) >= 11 is 0. The molecule has 0 saturated carbocycles. The smallest absolute Gasteiger partial charge is 0.290 e. The van der Waals surface area contributed by atoms with Gasteiger partial charge >= 0.3 is 0 Å². The normalized spacial score (nSPS) is 14.7. The molecule has 5 rings (SSSR count). The number of amides is 1. The van der Waals surface area contributed by atoms with Crippen LogP contribution in [0, 0.1) is 0 Å². The molecule has 1 amide bonds. The molecule has 1 aromatic heterocycles. The average molecular weight is 553 g/mol. The van der Waals surface area contributed by atoms with Crippen molar-refractivity contribution in [1.29, 1.82) is 0 Å². The Bertz CT molecular complexity index is 1490. The van der Waals surface area contributed by atoms with Gasteiger partial charge in [-0.2, -0.15) is 0 Å². The van der Waals surface area contributed by atoms with E-state index in [1.165, 1.54) is 12.8 Å². The second-order valence-corrected chi connectivity index (χ2v) is 10.8. The summed E-state index contributed by atoms with van der Waals surface area (Å²) in [7, 11) is 0. The Kier molecular flexibility index (Phi) is 9.52. The Labute approximate surface area is 242 Å². The van der Waals surface area contributed by atoms with Crippen molar-refractivity contribution in [2.24, 2.45) is 0 Å². The van der Waals surface area contributed by atoms with E-state index in [0.29, 0.717) is 29.7 Å². The van der Waals surface area contributed by atoms with Gasteiger partial charge in [-0.3, -0.25) is 9.59 Å². The summed E-state index contributed by atoms with van der Waals surface area (Å²) in [5.41, 5.74) is 2.70. The van der Waals surface area contributed by atoms with Gasteiger partial charge in [0.05, 0.1) is 17.0 Å². The van der Waals surface area contributed by atoms with Gasteiger partial charge in [0.15, 0.2) is 5.43 Å². The van der Waals surface area contributed by atoms with E-state index in [1.807, 2.05) is 71.6 Å². The number of fused-ring (bicyclic) bond motifs is 2. The highest BCUT2D eigenvalue weighted by atomic mass is 16.5. The van der Waals surface area contributed by atoms with E-state index < -0.39 is 6.04 Å². The van der Waals surface area contributed by atoms with Gasteiger partial charge in [-0.1, -0.05) is 81.3 Å². The monoisotopic (exact) mass is 552 g/mol. The molecule has 0 spiro atoms. The van der Waals surface area contributed by atoms with Gasteiger partial charge in [-0.25, -0.2) is 0 Å². The third-order valence-electron chi connectivity index (χ3n) is 7.85. The predicted molar refractivity (Wildman–Crippen MR) is 163 cm³/mol. The first kappa shape index (κ1) is 28.6. The van der Waals surface area contributed by atoms with Crippen molar-refractivity contribution in [3.63, 3.8) is 0 Å². The Balaban J connectivity index is 1.41. The first-order valence-electron chi connectivity index (χ1n) is 15.0. The lowest BCUT2D eigenvalue weighted by atomic mass is 9.98. The summed E-state index contributed by atoms with van der Waals surface area (Å²) < 4.78 is 12.1. The van der Waals surface area contributed by atoms with Crippen molar-refractivity contribution < 1.29 is 13.9 Å². The fourth-order valence-electron chi connectivity index (χ4n) is 5.60. The molecule has 1 aliphatic heterocycles. The standard InChI is InChI=1S/C35H40N2O4/c1-3-5-21-36(22-6-4-2)23-12-24-37-32(27-17-19-28(20-18-27)40-25-26-13-8-7-9-14-26)31-33(38)29-15-10-11-16-30(29)41-34(31)35(37)39/h7-11,13-20,32H,3-6,12,21-25H2,1-2H3. The van der Waals surface area contributed by atoms with E-state index in [1.54, 1.807) is 12.1 Å². The van der Waals surface area contributed by atoms with Crippen LogP contribution in [-0.4, -0.2) is 41.9 Å². The van der Waals surface area contributed by atoms with Crippen LogP contribution in [0.3, 0.4) is 0 Å². The van der Waals surface area contributed by atoms with Crippen LogP contribution in [0.4, 0.5) is 0 Å². The molecule has 0 aliphatic carbocycles. The van der Waals surface area contributed by atoms with Gasteiger partial charge in [0, 0.05) is 6.54 Å². The van der Waals surface area contributed by atoms with Crippen molar-refractivity contribution in [3.8, 4) is 5.75 Å². The lowest BCUT2D eigenvalue weighted by molar-refractivity contribution is 0.0719. The Morgan fingerprint density at radius 1 is 0.805 bits per heavy atom. The van der Waals surface area contributed by atoms with Crippen LogP contribution >= 0.6 is 0 Å². The molecule has 2 heterocycles. The Hall–Kier alpha value is -3.90. The van der Waals surface area contributed by atoms with Crippen molar-refractivity contribution in [2.45, 2.75) is 58.6 Å². The Morgan fingerprint density at radius 3 is 2.17 bits per heavy atom. The number of carbonyl (C=O) groups excluding carboxylic acids is 1. The van der Waals surface area contributed by atoms with Gasteiger partial charge in [0.1, 0.15) is 17.9 Å². The number of benzene rings is 3. The third kappa shape index (κ3) is 6.54. The maximum absolute atomic E-state index is 13.8. The van der Waals surface area contributed by atoms with Gasteiger partial charge in [0.2, 0.25) is 5.76 Å². The number of hydrogen-bond acceptors (Lipinski definition) is 5. The van der Waals surface area contributed by atoms with Crippen molar-refractivity contribution >= 4 is 16.9 Å². The molecule has 0 N–H and O–H groups in total. The molecule has 1 aliphatic rings. The molecule has 0 saturated heterocycles. The largest absolute Gasteiger partial charge is 0.489 e. The molecule has 0 radical (unpaired) electrons. The average Bonchev–Trinajstić information content (AvgIpc) is 3.29. The number of hydrogen-bond donors (Lipinski definition) is 0. The minimum Gasteiger partial charge on any atom is -0.489 e. The molecule has 0 fully saturated rings. The van der Waals surface area contributed by atoms with Crippen molar-refractivity contribution in [2.75, 3.05) is 26.2 Å². The second kappa shape index (κ2) is 13.6. The van der Waals surface area contributed by atoms with Crippen LogP contribution < -0.4 is 10.2 Å². The molecular formula is C35H40N2O4. The number of carbonyl (C=O) groups is 1. The van der Waals surface area contributed by atoms with E-state index in [0.717, 1.165) is 55.8 Å². The molecule has 1 unspecified atom stereocenters. The lowest BCUT2D eigenvalue weighted by Gasteiger charge is -2.27. The minimum atomic E-state index is -0.499. The second-order valence-electron chi connectivity index (χ2n) is 10.8. The van der Waals surface area contributed by atoms with E-state index >= 15 is 0 Å². The minimum absolute atomic E-state index is 0.139. The van der Waals surface area contributed by atoms with Gasteiger partial charge < -0.3 is 19.0 Å². The molecule has 1 atom stereocenters. The van der Waals surface area contributed by atoms with E-state index in [2.05, 4.69) is 18.7 Å². The highest BCUT2D eigenvalue weighted by Crippen LogP contribution is 2.38. The van der Waals surface area contributed by atoms with Crippen LogP contribution in [0.15, 0.2) is 88.1 Å². The van der Waals surface area contributed by atoms with Crippen molar-refractivity contribution in [1.82, 2.24) is 9.80 Å². The fourth-order valence-corrected chi connectivity index (χ4v) is 5.60. The maximum Gasteiger partial charge on any atom is 0.290 e. The van der Waals surface area contributed by atoms with Crippen LogP contribution in [0.25, 0.3) is 11.0 Å². The van der Waals surface area contributed by atoms with Crippen LogP contribution in [0.2, 0.25) is 0 Å². The van der Waals surface area contributed by atoms with Gasteiger partial charge in [-0.15, -0.1) is 0 Å². The summed E-state index contributed by atoms with van der Waals surface area (Å²) in [5.74, 6) is 0.685. The molecule has 41 heavy (non-hydrogen) atoms. The van der Waals surface area contributed by atoms with E-state index in [4.69, 9.17) is 9.15 Å². The van der Waals surface area contributed by atoms with Gasteiger partial charge in [0.25, 0.3) is 5.91 Å². The van der Waals surface area contributed by atoms with Crippen LogP contribution in [0.1, 0.15) is 79.2 Å². The quantitative estimate of drug-likeness (QED) is 0.165. The molecule has 0 bridgehead atoms. The molecule has 6 heteroatoms. The number of rotatable bonds is 14. The van der Waals surface area contributed by atoms with Crippen LogP contribution in [0.5, 0.6) is 5.75 Å². The molecule has 4 aromatic rings. The summed E-state index contributed by atoms with van der Waals surface area (Å²) in [4.78, 5) is 31.9.